The molecule has 2 aliphatic heterocycles. The Balaban J connectivity index is 2.08. The summed E-state index contributed by atoms with van der Waals surface area (Å²) >= 11 is 1.77. The second-order valence-electron chi connectivity index (χ2n) is 7.28. The molecule has 0 aromatic carbocycles. The van der Waals surface area contributed by atoms with E-state index < -0.39 is 0 Å². The number of carbonyl (C=O) groups is 1. The largest absolute Gasteiger partial charge is 0.341 e. The van der Waals surface area contributed by atoms with Crippen molar-refractivity contribution in [2.24, 2.45) is 5.41 Å². The molecule has 3 nitrogen and oxygen atoms in total. The molecule has 116 valence electrons. The van der Waals surface area contributed by atoms with E-state index in [1.807, 2.05) is 0 Å². The van der Waals surface area contributed by atoms with Gasteiger partial charge in [0.15, 0.2) is 0 Å². The maximum absolute atomic E-state index is 12.8. The first-order chi connectivity index (χ1) is 9.36. The Morgan fingerprint density at radius 1 is 1.25 bits per heavy atom. The second-order valence-corrected chi connectivity index (χ2v) is 8.15. The third-order valence-electron chi connectivity index (χ3n) is 4.81. The van der Waals surface area contributed by atoms with Crippen LogP contribution in [0.5, 0.6) is 0 Å². The van der Waals surface area contributed by atoms with Crippen LogP contribution in [0.25, 0.3) is 0 Å². The lowest BCUT2D eigenvalue weighted by Crippen LogP contribution is -2.47. The van der Waals surface area contributed by atoms with E-state index in [2.05, 4.69) is 43.8 Å². The van der Waals surface area contributed by atoms with Crippen LogP contribution >= 0.6 is 11.8 Å². The van der Waals surface area contributed by atoms with Crippen molar-refractivity contribution < 1.29 is 4.79 Å². The summed E-state index contributed by atoms with van der Waals surface area (Å²) in [4.78, 5) is 17.6. The Morgan fingerprint density at radius 2 is 1.90 bits per heavy atom. The number of fused-ring (bicyclic) bond motifs is 2. The summed E-state index contributed by atoms with van der Waals surface area (Å²) in [5, 5.41) is 0. The molecular weight excluding hydrogens is 268 g/mol. The SMILES string of the molecule is CSCC(C)(C)C(=O)N1CC[C@H]2CC[C@@H](C1)N2C(C)C. The highest BCUT2D eigenvalue weighted by molar-refractivity contribution is 7.98. The van der Waals surface area contributed by atoms with Gasteiger partial charge in [0.25, 0.3) is 0 Å². The van der Waals surface area contributed by atoms with Crippen molar-refractivity contribution in [2.45, 2.75) is 65.1 Å². The van der Waals surface area contributed by atoms with Crippen molar-refractivity contribution in [3.8, 4) is 0 Å². The van der Waals surface area contributed by atoms with Crippen LogP contribution in [0.15, 0.2) is 0 Å². The molecule has 4 heteroatoms. The third-order valence-corrected chi connectivity index (χ3v) is 5.82. The summed E-state index contributed by atoms with van der Waals surface area (Å²) in [7, 11) is 0. The number of nitrogens with zero attached hydrogens (tertiary/aromatic N) is 2. The molecule has 2 aliphatic rings. The number of amides is 1. The van der Waals surface area contributed by atoms with Gasteiger partial charge in [-0.05, 0) is 39.4 Å². The summed E-state index contributed by atoms with van der Waals surface area (Å²) in [6, 6.07) is 1.87. The van der Waals surface area contributed by atoms with Gasteiger partial charge >= 0.3 is 0 Å². The molecule has 0 aromatic heterocycles. The zero-order chi connectivity index (χ0) is 14.9. The average Bonchev–Trinajstić information content (AvgIpc) is 2.63. The Morgan fingerprint density at radius 3 is 2.50 bits per heavy atom. The maximum atomic E-state index is 12.8. The zero-order valence-corrected chi connectivity index (χ0v) is 14.5. The van der Waals surface area contributed by atoms with Crippen molar-refractivity contribution in [1.82, 2.24) is 9.80 Å². The van der Waals surface area contributed by atoms with Gasteiger partial charge in [-0.2, -0.15) is 11.8 Å². The van der Waals surface area contributed by atoms with Gasteiger partial charge in [0, 0.05) is 37.0 Å². The van der Waals surface area contributed by atoms with Crippen LogP contribution in [-0.2, 0) is 4.79 Å². The van der Waals surface area contributed by atoms with Gasteiger partial charge in [-0.15, -0.1) is 0 Å². The van der Waals surface area contributed by atoms with Crippen molar-refractivity contribution in [3.63, 3.8) is 0 Å². The van der Waals surface area contributed by atoms with Gasteiger partial charge in [-0.1, -0.05) is 13.8 Å². The van der Waals surface area contributed by atoms with E-state index in [0.29, 0.717) is 24.0 Å². The number of hydrogen-bond donors (Lipinski definition) is 0. The molecular formula is C16H30N2OS. The molecule has 2 saturated heterocycles. The van der Waals surface area contributed by atoms with Crippen LogP contribution in [0.1, 0.15) is 47.0 Å². The summed E-state index contributed by atoms with van der Waals surface area (Å²) in [5.74, 6) is 1.26. The first-order valence-electron chi connectivity index (χ1n) is 7.92. The Hall–Kier alpha value is -0.220. The van der Waals surface area contributed by atoms with Crippen LogP contribution < -0.4 is 0 Å². The molecule has 2 rings (SSSR count). The van der Waals surface area contributed by atoms with E-state index in [1.54, 1.807) is 11.8 Å². The molecule has 0 N–H and O–H groups in total. The van der Waals surface area contributed by atoms with Gasteiger partial charge < -0.3 is 4.90 Å². The molecule has 2 bridgehead atoms. The van der Waals surface area contributed by atoms with Crippen LogP contribution in [0.2, 0.25) is 0 Å². The summed E-state index contributed by atoms with van der Waals surface area (Å²) in [6.07, 6.45) is 5.81. The van der Waals surface area contributed by atoms with Crippen LogP contribution in [0.3, 0.4) is 0 Å². The number of likely N-dealkylation sites (tertiary alicyclic amines) is 1. The molecule has 0 radical (unpaired) electrons. The fraction of sp³-hybridized carbons (Fsp3) is 0.938. The highest BCUT2D eigenvalue weighted by Gasteiger charge is 2.41. The maximum Gasteiger partial charge on any atom is 0.229 e. The second kappa shape index (κ2) is 6.27. The van der Waals surface area contributed by atoms with E-state index >= 15 is 0 Å². The average molecular weight is 298 g/mol. The molecule has 0 saturated carbocycles. The number of rotatable bonds is 4. The van der Waals surface area contributed by atoms with Gasteiger partial charge in [0.2, 0.25) is 5.91 Å². The van der Waals surface area contributed by atoms with Crippen molar-refractivity contribution >= 4 is 17.7 Å². The quantitative estimate of drug-likeness (QED) is 0.797. The van der Waals surface area contributed by atoms with Crippen molar-refractivity contribution in [3.05, 3.63) is 0 Å². The normalized spacial score (nSPS) is 28.0. The van der Waals surface area contributed by atoms with E-state index in [9.17, 15) is 4.79 Å². The van der Waals surface area contributed by atoms with Crippen LogP contribution in [-0.4, -0.2) is 58.9 Å². The Labute approximate surface area is 128 Å². The molecule has 0 aliphatic carbocycles. The number of thioether (sulfide) groups is 1. The minimum atomic E-state index is -0.230. The van der Waals surface area contributed by atoms with E-state index in [1.165, 1.54) is 12.8 Å². The lowest BCUT2D eigenvalue weighted by atomic mass is 9.93. The molecule has 0 unspecified atom stereocenters. The van der Waals surface area contributed by atoms with Crippen LogP contribution in [0, 0.1) is 5.41 Å². The lowest BCUT2D eigenvalue weighted by Gasteiger charge is -2.34. The Bertz CT molecular complexity index is 356. The highest BCUT2D eigenvalue weighted by atomic mass is 32.2. The fourth-order valence-electron chi connectivity index (χ4n) is 3.99. The van der Waals surface area contributed by atoms with E-state index in [4.69, 9.17) is 0 Å². The van der Waals surface area contributed by atoms with Crippen LogP contribution in [0.4, 0.5) is 0 Å². The van der Waals surface area contributed by atoms with Crippen molar-refractivity contribution in [2.75, 3.05) is 25.1 Å². The monoisotopic (exact) mass is 298 g/mol. The molecule has 2 fully saturated rings. The number of hydrogen-bond acceptors (Lipinski definition) is 3. The molecule has 1 amide bonds. The predicted octanol–water partition coefficient (Wildman–Crippen LogP) is 2.85. The minimum absolute atomic E-state index is 0.230. The fourth-order valence-corrected chi connectivity index (χ4v) is 4.83. The van der Waals surface area contributed by atoms with Gasteiger partial charge in [-0.3, -0.25) is 9.69 Å². The highest BCUT2D eigenvalue weighted by Crippen LogP contribution is 2.33. The van der Waals surface area contributed by atoms with Gasteiger partial charge in [0.05, 0.1) is 5.41 Å². The smallest absolute Gasteiger partial charge is 0.229 e. The molecule has 2 atom stereocenters. The summed E-state index contributed by atoms with van der Waals surface area (Å²) in [5.41, 5.74) is -0.230. The zero-order valence-electron chi connectivity index (χ0n) is 13.7. The van der Waals surface area contributed by atoms with Gasteiger partial charge in [-0.25, -0.2) is 0 Å². The van der Waals surface area contributed by atoms with E-state index in [-0.39, 0.29) is 5.41 Å². The minimum Gasteiger partial charge on any atom is -0.341 e. The molecule has 20 heavy (non-hydrogen) atoms. The topological polar surface area (TPSA) is 23.6 Å². The standard InChI is InChI=1S/C16H30N2OS/c1-12(2)18-13-6-7-14(18)10-17(9-8-13)15(19)16(3,4)11-20-5/h12-14H,6-11H2,1-5H3/t13-,14+/m1/s1. The predicted molar refractivity (Wildman–Crippen MR) is 87.1 cm³/mol. The molecule has 2 heterocycles. The Kier molecular flexibility index (Phi) is 5.06. The first-order valence-corrected chi connectivity index (χ1v) is 9.32. The van der Waals surface area contributed by atoms with E-state index in [0.717, 1.165) is 25.3 Å². The van der Waals surface area contributed by atoms with Gasteiger partial charge in [0.1, 0.15) is 0 Å². The molecule has 0 spiro atoms. The first kappa shape index (κ1) is 16.2. The summed E-state index contributed by atoms with van der Waals surface area (Å²) in [6.45, 7) is 10.7. The third kappa shape index (κ3) is 3.16. The number of carbonyl (C=O) groups excluding carboxylic acids is 1. The summed E-state index contributed by atoms with van der Waals surface area (Å²) < 4.78 is 0. The molecule has 0 aromatic rings. The lowest BCUT2D eigenvalue weighted by molar-refractivity contribution is -0.139. The van der Waals surface area contributed by atoms with Crippen molar-refractivity contribution in [1.29, 1.82) is 0 Å².